The van der Waals surface area contributed by atoms with Crippen LogP contribution in [0.15, 0.2) is 24.3 Å². The van der Waals surface area contributed by atoms with Crippen LogP contribution in [0.25, 0.3) is 0 Å². The first-order chi connectivity index (χ1) is 9.47. The third-order valence-corrected chi connectivity index (χ3v) is 3.61. The standard InChI is InChI=1S/C15H23N3O2/c1-17(2)13-8-6-12(7-9-13)16-15(20)18(3)10-14(19)11-4-5-11/h6-9,11,14,19H,4-5,10H2,1-3H3,(H,16,20). The topological polar surface area (TPSA) is 55.8 Å². The van der Waals surface area contributed by atoms with Crippen LogP contribution < -0.4 is 10.2 Å². The second kappa shape index (κ2) is 6.13. The highest BCUT2D eigenvalue weighted by molar-refractivity contribution is 5.89. The number of aliphatic hydroxyl groups is 1. The number of hydrogen-bond donors (Lipinski definition) is 2. The van der Waals surface area contributed by atoms with E-state index in [1.165, 1.54) is 4.90 Å². The predicted octanol–water partition coefficient (Wildman–Crippen LogP) is 1.99. The third-order valence-electron chi connectivity index (χ3n) is 3.61. The Hall–Kier alpha value is -1.75. The van der Waals surface area contributed by atoms with Crippen LogP contribution in [-0.4, -0.2) is 49.8 Å². The summed E-state index contributed by atoms with van der Waals surface area (Å²) in [6.07, 6.45) is 1.74. The maximum atomic E-state index is 12.0. The monoisotopic (exact) mass is 277 g/mol. The molecule has 0 aromatic heterocycles. The first kappa shape index (κ1) is 14.7. The Morgan fingerprint density at radius 2 is 1.90 bits per heavy atom. The first-order valence-corrected chi connectivity index (χ1v) is 6.95. The van der Waals surface area contributed by atoms with E-state index in [9.17, 15) is 9.90 Å². The number of carbonyl (C=O) groups excluding carboxylic acids is 1. The van der Waals surface area contributed by atoms with Crippen molar-refractivity contribution in [1.82, 2.24) is 4.90 Å². The molecule has 20 heavy (non-hydrogen) atoms. The van der Waals surface area contributed by atoms with Crippen LogP contribution in [0.3, 0.4) is 0 Å². The zero-order valence-corrected chi connectivity index (χ0v) is 12.3. The molecule has 1 aliphatic rings. The van der Waals surface area contributed by atoms with Gasteiger partial charge in [0.15, 0.2) is 0 Å². The van der Waals surface area contributed by atoms with Crippen LogP contribution in [0.4, 0.5) is 16.2 Å². The highest BCUT2D eigenvalue weighted by atomic mass is 16.3. The van der Waals surface area contributed by atoms with Crippen LogP contribution in [0.2, 0.25) is 0 Å². The second-order valence-corrected chi connectivity index (χ2v) is 5.66. The minimum atomic E-state index is -0.401. The molecule has 0 heterocycles. The number of rotatable bonds is 5. The Morgan fingerprint density at radius 3 is 2.40 bits per heavy atom. The van der Waals surface area contributed by atoms with E-state index >= 15 is 0 Å². The van der Waals surface area contributed by atoms with Gasteiger partial charge in [-0.1, -0.05) is 0 Å². The molecular formula is C15H23N3O2. The number of benzene rings is 1. The molecule has 0 spiro atoms. The van der Waals surface area contributed by atoms with E-state index in [0.717, 1.165) is 24.2 Å². The number of anilines is 2. The molecule has 2 rings (SSSR count). The zero-order valence-electron chi connectivity index (χ0n) is 12.3. The molecule has 1 aliphatic carbocycles. The zero-order chi connectivity index (χ0) is 14.7. The third kappa shape index (κ3) is 3.87. The molecule has 5 nitrogen and oxygen atoms in total. The minimum absolute atomic E-state index is 0.192. The molecule has 0 bridgehead atoms. The quantitative estimate of drug-likeness (QED) is 0.865. The molecule has 1 fully saturated rings. The summed E-state index contributed by atoms with van der Waals surface area (Å²) in [5, 5.41) is 12.7. The fourth-order valence-corrected chi connectivity index (χ4v) is 2.06. The maximum Gasteiger partial charge on any atom is 0.321 e. The van der Waals surface area contributed by atoms with Gasteiger partial charge in [0.2, 0.25) is 0 Å². The SMILES string of the molecule is CN(CC(O)C1CC1)C(=O)Nc1ccc(N(C)C)cc1. The largest absolute Gasteiger partial charge is 0.391 e. The van der Waals surface area contributed by atoms with Crippen molar-refractivity contribution >= 4 is 17.4 Å². The number of aliphatic hydroxyl groups excluding tert-OH is 1. The fourth-order valence-electron chi connectivity index (χ4n) is 2.06. The molecule has 5 heteroatoms. The summed E-state index contributed by atoms with van der Waals surface area (Å²) in [6.45, 7) is 0.381. The molecule has 0 radical (unpaired) electrons. The summed E-state index contributed by atoms with van der Waals surface area (Å²) in [5.41, 5.74) is 1.84. The second-order valence-electron chi connectivity index (χ2n) is 5.66. The molecule has 1 aromatic rings. The molecule has 1 unspecified atom stereocenters. The first-order valence-electron chi connectivity index (χ1n) is 6.95. The number of amides is 2. The molecule has 1 aromatic carbocycles. The summed E-state index contributed by atoms with van der Waals surface area (Å²) in [5.74, 6) is 0.379. The molecule has 2 N–H and O–H groups in total. The van der Waals surface area contributed by atoms with Gasteiger partial charge in [-0.15, -0.1) is 0 Å². The molecule has 2 amide bonds. The van der Waals surface area contributed by atoms with Crippen LogP contribution >= 0.6 is 0 Å². The Kier molecular flexibility index (Phi) is 4.49. The number of hydrogen-bond acceptors (Lipinski definition) is 3. The Morgan fingerprint density at radius 1 is 1.30 bits per heavy atom. The highest BCUT2D eigenvalue weighted by Gasteiger charge is 2.31. The van der Waals surface area contributed by atoms with Crippen molar-refractivity contribution in [3.05, 3.63) is 24.3 Å². The van der Waals surface area contributed by atoms with Crippen molar-refractivity contribution in [3.8, 4) is 0 Å². The van der Waals surface area contributed by atoms with Crippen molar-refractivity contribution in [2.75, 3.05) is 37.9 Å². The van der Waals surface area contributed by atoms with Gasteiger partial charge in [0, 0.05) is 39.1 Å². The normalized spacial score (nSPS) is 15.6. The van der Waals surface area contributed by atoms with Crippen LogP contribution in [0.1, 0.15) is 12.8 Å². The fraction of sp³-hybridized carbons (Fsp3) is 0.533. The van der Waals surface area contributed by atoms with E-state index in [0.29, 0.717) is 12.5 Å². The van der Waals surface area contributed by atoms with Crippen molar-refractivity contribution in [1.29, 1.82) is 0 Å². The average molecular weight is 277 g/mol. The number of carbonyl (C=O) groups is 1. The van der Waals surface area contributed by atoms with Gasteiger partial charge in [0.1, 0.15) is 0 Å². The summed E-state index contributed by atoms with van der Waals surface area (Å²) in [6, 6.07) is 7.46. The van der Waals surface area contributed by atoms with Crippen molar-refractivity contribution < 1.29 is 9.90 Å². The predicted molar refractivity (Wildman–Crippen MR) is 81.1 cm³/mol. The Labute approximate surface area is 120 Å². The summed E-state index contributed by atoms with van der Waals surface area (Å²) in [7, 11) is 5.65. The van der Waals surface area contributed by atoms with Gasteiger partial charge in [-0.25, -0.2) is 4.79 Å². The van der Waals surface area contributed by atoms with Crippen molar-refractivity contribution in [3.63, 3.8) is 0 Å². The Balaban J connectivity index is 1.86. The van der Waals surface area contributed by atoms with Crippen LogP contribution in [0.5, 0.6) is 0 Å². The van der Waals surface area contributed by atoms with Crippen molar-refractivity contribution in [2.45, 2.75) is 18.9 Å². The number of likely N-dealkylation sites (N-methyl/N-ethyl adjacent to an activating group) is 1. The van der Waals surface area contributed by atoms with Crippen LogP contribution in [0, 0.1) is 5.92 Å². The molecule has 110 valence electrons. The van der Waals surface area contributed by atoms with E-state index in [-0.39, 0.29) is 6.03 Å². The van der Waals surface area contributed by atoms with Crippen LogP contribution in [-0.2, 0) is 0 Å². The molecule has 1 saturated carbocycles. The molecule has 0 saturated heterocycles. The Bertz CT molecular complexity index is 455. The van der Waals surface area contributed by atoms with Gasteiger partial charge in [-0.2, -0.15) is 0 Å². The highest BCUT2D eigenvalue weighted by Crippen LogP contribution is 2.32. The molecular weight excluding hydrogens is 254 g/mol. The maximum absolute atomic E-state index is 12.0. The van der Waals surface area contributed by atoms with Gasteiger partial charge in [-0.05, 0) is 43.0 Å². The van der Waals surface area contributed by atoms with Crippen molar-refractivity contribution in [2.24, 2.45) is 5.92 Å². The number of urea groups is 1. The minimum Gasteiger partial charge on any atom is -0.391 e. The molecule has 1 atom stereocenters. The lowest BCUT2D eigenvalue weighted by molar-refractivity contribution is 0.117. The van der Waals surface area contributed by atoms with Gasteiger partial charge < -0.3 is 20.2 Å². The van der Waals surface area contributed by atoms with Gasteiger partial charge >= 0.3 is 6.03 Å². The lowest BCUT2D eigenvalue weighted by Crippen LogP contribution is -2.37. The lowest BCUT2D eigenvalue weighted by Gasteiger charge is -2.21. The lowest BCUT2D eigenvalue weighted by atomic mass is 10.2. The van der Waals surface area contributed by atoms with Gasteiger partial charge in [0.25, 0.3) is 0 Å². The van der Waals surface area contributed by atoms with Gasteiger partial charge in [-0.3, -0.25) is 0 Å². The van der Waals surface area contributed by atoms with E-state index < -0.39 is 6.10 Å². The summed E-state index contributed by atoms with van der Waals surface area (Å²) >= 11 is 0. The van der Waals surface area contributed by atoms with E-state index in [1.54, 1.807) is 7.05 Å². The average Bonchev–Trinajstić information content (AvgIpc) is 3.23. The van der Waals surface area contributed by atoms with Gasteiger partial charge in [0.05, 0.1) is 6.10 Å². The molecule has 0 aliphatic heterocycles. The van der Waals surface area contributed by atoms with E-state index in [4.69, 9.17) is 0 Å². The summed E-state index contributed by atoms with van der Waals surface area (Å²) < 4.78 is 0. The smallest absolute Gasteiger partial charge is 0.321 e. The van der Waals surface area contributed by atoms with E-state index in [1.807, 2.05) is 43.3 Å². The number of nitrogens with zero attached hydrogens (tertiary/aromatic N) is 2. The van der Waals surface area contributed by atoms with E-state index in [2.05, 4.69) is 5.32 Å². The number of nitrogens with one attached hydrogen (secondary N) is 1. The summed E-state index contributed by atoms with van der Waals surface area (Å²) in [4.78, 5) is 15.5.